The molecule has 0 fully saturated rings. The van der Waals surface area contributed by atoms with Crippen molar-refractivity contribution < 1.29 is 4.74 Å². The number of hydrogen-bond donors (Lipinski definition) is 0. The van der Waals surface area contributed by atoms with E-state index < -0.39 is 0 Å². The molecule has 4 nitrogen and oxygen atoms in total. The summed E-state index contributed by atoms with van der Waals surface area (Å²) in [5.74, 6) is 1.78. The summed E-state index contributed by atoms with van der Waals surface area (Å²) in [5, 5.41) is 2.79. The van der Waals surface area contributed by atoms with Gasteiger partial charge >= 0.3 is 0 Å². The minimum Gasteiger partial charge on any atom is -0.495 e. The number of anilines is 2. The molecule has 6 heteroatoms. The third-order valence-corrected chi connectivity index (χ3v) is 4.52. The van der Waals surface area contributed by atoms with Gasteiger partial charge in [0.05, 0.1) is 18.5 Å². The molecular formula is C14H14BrN3OS. The number of benzene rings is 1. The average molecular weight is 352 g/mol. The van der Waals surface area contributed by atoms with Gasteiger partial charge in [-0.05, 0) is 12.1 Å². The van der Waals surface area contributed by atoms with Crippen LogP contribution in [0.25, 0.3) is 4.96 Å². The first kappa shape index (κ1) is 13.5. The van der Waals surface area contributed by atoms with Gasteiger partial charge in [-0.1, -0.05) is 28.1 Å². The van der Waals surface area contributed by atoms with Crippen molar-refractivity contribution in [1.82, 2.24) is 9.38 Å². The molecule has 20 heavy (non-hydrogen) atoms. The molecule has 0 aliphatic heterocycles. The van der Waals surface area contributed by atoms with Gasteiger partial charge in [0.25, 0.3) is 0 Å². The van der Waals surface area contributed by atoms with Crippen LogP contribution >= 0.6 is 27.3 Å². The van der Waals surface area contributed by atoms with E-state index in [0.717, 1.165) is 33.2 Å². The normalized spacial score (nSPS) is 10.9. The number of hydrogen-bond acceptors (Lipinski definition) is 4. The van der Waals surface area contributed by atoms with Gasteiger partial charge in [0.2, 0.25) is 0 Å². The Bertz CT molecular complexity index is 737. The van der Waals surface area contributed by atoms with Crippen LogP contribution in [0.2, 0.25) is 0 Å². The highest BCUT2D eigenvalue weighted by Gasteiger charge is 2.18. The van der Waals surface area contributed by atoms with E-state index in [2.05, 4.69) is 25.2 Å². The Labute approximate surface area is 129 Å². The summed E-state index contributed by atoms with van der Waals surface area (Å²) in [6.07, 6.45) is 2.04. The summed E-state index contributed by atoms with van der Waals surface area (Å²) in [7, 11) is 3.69. The number of thiazole rings is 1. The molecule has 3 aromatic rings. The highest BCUT2D eigenvalue weighted by Crippen LogP contribution is 2.35. The van der Waals surface area contributed by atoms with Crippen molar-refractivity contribution in [2.24, 2.45) is 0 Å². The van der Waals surface area contributed by atoms with E-state index in [1.54, 1.807) is 18.4 Å². The van der Waals surface area contributed by atoms with Crippen molar-refractivity contribution in [3.05, 3.63) is 41.5 Å². The molecule has 104 valence electrons. The number of rotatable bonds is 4. The summed E-state index contributed by atoms with van der Waals surface area (Å²) < 4.78 is 7.54. The predicted octanol–water partition coefficient (Wildman–Crippen LogP) is 4.07. The van der Waals surface area contributed by atoms with Gasteiger partial charge < -0.3 is 9.64 Å². The van der Waals surface area contributed by atoms with Crippen LogP contribution < -0.4 is 9.64 Å². The van der Waals surface area contributed by atoms with Crippen molar-refractivity contribution in [2.45, 2.75) is 5.33 Å². The Balaban J connectivity index is 2.12. The smallest absolute Gasteiger partial charge is 0.195 e. The number of aromatic nitrogens is 2. The summed E-state index contributed by atoms with van der Waals surface area (Å²) in [5.41, 5.74) is 2.14. The number of ether oxygens (including phenoxy) is 1. The Morgan fingerprint density at radius 3 is 2.95 bits per heavy atom. The average Bonchev–Trinajstić information content (AvgIpc) is 3.06. The standard InChI is InChI=1S/C14H14BrN3OS/c1-17(10-5-3-4-6-12(10)19-2)13-11(9-15)18-7-8-20-14(18)16-13/h3-8H,9H2,1-2H3. The van der Waals surface area contributed by atoms with Gasteiger partial charge in [0.15, 0.2) is 10.8 Å². The highest BCUT2D eigenvalue weighted by molar-refractivity contribution is 9.08. The molecule has 0 spiro atoms. The Morgan fingerprint density at radius 1 is 1.40 bits per heavy atom. The lowest BCUT2D eigenvalue weighted by Gasteiger charge is -2.20. The van der Waals surface area contributed by atoms with Crippen LogP contribution in [0.5, 0.6) is 5.75 Å². The lowest BCUT2D eigenvalue weighted by atomic mass is 10.2. The van der Waals surface area contributed by atoms with Crippen molar-refractivity contribution in [1.29, 1.82) is 0 Å². The first-order valence-electron chi connectivity index (χ1n) is 6.13. The van der Waals surface area contributed by atoms with Gasteiger partial charge in [-0.3, -0.25) is 4.40 Å². The van der Waals surface area contributed by atoms with E-state index >= 15 is 0 Å². The predicted molar refractivity (Wildman–Crippen MR) is 86.8 cm³/mol. The van der Waals surface area contributed by atoms with Crippen LogP contribution in [0, 0.1) is 0 Å². The van der Waals surface area contributed by atoms with Crippen LogP contribution in [0.4, 0.5) is 11.5 Å². The van der Waals surface area contributed by atoms with E-state index in [1.807, 2.05) is 42.9 Å². The largest absolute Gasteiger partial charge is 0.495 e. The first-order valence-corrected chi connectivity index (χ1v) is 8.13. The molecule has 0 saturated carbocycles. The number of alkyl halides is 1. The summed E-state index contributed by atoms with van der Waals surface area (Å²) in [6, 6.07) is 7.95. The van der Waals surface area contributed by atoms with Crippen LogP contribution in [0.1, 0.15) is 5.69 Å². The van der Waals surface area contributed by atoms with Gasteiger partial charge in [-0.2, -0.15) is 0 Å². The van der Waals surface area contributed by atoms with Gasteiger partial charge in [0, 0.05) is 24.0 Å². The summed E-state index contributed by atoms with van der Waals surface area (Å²) in [4.78, 5) is 7.78. The zero-order valence-corrected chi connectivity index (χ0v) is 13.6. The fourth-order valence-corrected chi connectivity index (χ4v) is 3.48. The molecule has 2 heterocycles. The number of halogens is 1. The van der Waals surface area contributed by atoms with Crippen molar-refractivity contribution in [3.63, 3.8) is 0 Å². The van der Waals surface area contributed by atoms with Crippen molar-refractivity contribution in [2.75, 3.05) is 19.1 Å². The van der Waals surface area contributed by atoms with Crippen LogP contribution in [0.15, 0.2) is 35.8 Å². The van der Waals surface area contributed by atoms with E-state index in [1.165, 1.54) is 0 Å². The number of fused-ring (bicyclic) bond motifs is 1. The second-order valence-corrected chi connectivity index (χ2v) is 5.74. The Morgan fingerprint density at radius 2 is 2.20 bits per heavy atom. The molecule has 0 radical (unpaired) electrons. The molecule has 1 aromatic carbocycles. The van der Waals surface area contributed by atoms with Crippen molar-refractivity contribution >= 4 is 43.7 Å². The van der Waals surface area contributed by atoms with E-state index in [9.17, 15) is 0 Å². The van der Waals surface area contributed by atoms with Crippen molar-refractivity contribution in [3.8, 4) is 5.75 Å². The molecule has 0 bridgehead atoms. The molecule has 2 aromatic heterocycles. The molecule has 0 amide bonds. The third-order valence-electron chi connectivity index (χ3n) is 3.23. The first-order chi connectivity index (χ1) is 9.76. The summed E-state index contributed by atoms with van der Waals surface area (Å²) >= 11 is 5.19. The minimum absolute atomic E-state index is 0.750. The van der Waals surface area contributed by atoms with Crippen LogP contribution in [-0.2, 0) is 5.33 Å². The number of methoxy groups -OCH3 is 1. The number of imidazole rings is 1. The van der Waals surface area contributed by atoms with Crippen LogP contribution in [-0.4, -0.2) is 23.5 Å². The van der Waals surface area contributed by atoms with Gasteiger partial charge in [-0.15, -0.1) is 11.3 Å². The second-order valence-electron chi connectivity index (χ2n) is 4.30. The van der Waals surface area contributed by atoms with Gasteiger partial charge in [-0.25, -0.2) is 4.98 Å². The monoisotopic (exact) mass is 351 g/mol. The quantitative estimate of drug-likeness (QED) is 0.663. The topological polar surface area (TPSA) is 29.8 Å². The minimum atomic E-state index is 0.750. The van der Waals surface area contributed by atoms with Crippen LogP contribution in [0.3, 0.4) is 0 Å². The lowest BCUT2D eigenvalue weighted by molar-refractivity contribution is 0.415. The Hall–Kier alpha value is -1.53. The van der Waals surface area contributed by atoms with E-state index in [0.29, 0.717) is 0 Å². The molecular weight excluding hydrogens is 338 g/mol. The third kappa shape index (κ3) is 2.09. The Kier molecular flexibility index (Phi) is 3.67. The molecule has 0 atom stereocenters. The summed E-state index contributed by atoms with van der Waals surface area (Å²) in [6.45, 7) is 0. The molecule has 0 aliphatic rings. The molecule has 0 saturated heterocycles. The fraction of sp³-hybridized carbons (Fsp3) is 0.214. The maximum absolute atomic E-state index is 5.43. The molecule has 0 aliphatic carbocycles. The second kappa shape index (κ2) is 5.46. The number of para-hydroxylation sites is 2. The zero-order valence-electron chi connectivity index (χ0n) is 11.2. The zero-order chi connectivity index (χ0) is 14.1. The fourth-order valence-electron chi connectivity index (χ4n) is 2.23. The maximum Gasteiger partial charge on any atom is 0.195 e. The van der Waals surface area contributed by atoms with Gasteiger partial charge in [0.1, 0.15) is 5.75 Å². The SMILES string of the molecule is COc1ccccc1N(C)c1nc2sccn2c1CBr. The van der Waals surface area contributed by atoms with E-state index in [4.69, 9.17) is 9.72 Å². The maximum atomic E-state index is 5.43. The lowest BCUT2D eigenvalue weighted by Crippen LogP contribution is -2.13. The highest BCUT2D eigenvalue weighted by atomic mass is 79.9. The molecule has 0 unspecified atom stereocenters. The molecule has 3 rings (SSSR count). The molecule has 0 N–H and O–H groups in total. The van der Waals surface area contributed by atoms with E-state index in [-0.39, 0.29) is 0 Å². The number of nitrogens with zero attached hydrogens (tertiary/aromatic N) is 3.